The van der Waals surface area contributed by atoms with E-state index in [9.17, 15) is 0 Å². The van der Waals surface area contributed by atoms with E-state index in [0.717, 1.165) is 12.8 Å². The molecule has 0 saturated carbocycles. The zero-order valence-electron chi connectivity index (χ0n) is 8.28. The predicted octanol–water partition coefficient (Wildman–Crippen LogP) is 0.537. The van der Waals surface area contributed by atoms with Gasteiger partial charge in [-0.1, -0.05) is 0 Å². The summed E-state index contributed by atoms with van der Waals surface area (Å²) in [5.74, 6) is 0. The monoisotopic (exact) mass is 190 g/mol. The van der Waals surface area contributed by atoms with Crippen molar-refractivity contribution in [3.8, 4) is 0 Å². The van der Waals surface area contributed by atoms with Crippen LogP contribution in [0.25, 0.3) is 0 Å². The molecule has 0 aromatic rings. The zero-order chi connectivity index (χ0) is 9.73. The summed E-state index contributed by atoms with van der Waals surface area (Å²) < 4.78 is 15.2. The molecule has 0 aromatic carbocycles. The van der Waals surface area contributed by atoms with Crippen LogP contribution in [0.2, 0.25) is 0 Å². The Labute approximate surface area is 78.8 Å². The van der Waals surface area contributed by atoms with E-state index in [4.69, 9.17) is 19.3 Å². The van der Waals surface area contributed by atoms with Gasteiger partial charge in [0.05, 0.1) is 12.2 Å². The third-order valence-corrected chi connectivity index (χ3v) is 2.36. The molecule has 0 unspecified atom stereocenters. The lowest BCUT2D eigenvalue weighted by Crippen LogP contribution is -2.13. The molecule has 4 heteroatoms. The maximum absolute atomic E-state index is 8.81. The van der Waals surface area contributed by atoms with Crippen LogP contribution in [-0.4, -0.2) is 43.9 Å². The molecule has 0 radical (unpaired) electrons. The van der Waals surface area contributed by atoms with Gasteiger partial charge in [0.25, 0.3) is 0 Å². The fraction of sp³-hybridized carbons (Fsp3) is 1.00. The second-order valence-corrected chi connectivity index (χ2v) is 3.52. The first-order valence-electron chi connectivity index (χ1n) is 4.58. The first-order valence-corrected chi connectivity index (χ1v) is 4.58. The molecule has 0 aliphatic carbocycles. The molecule has 1 aliphatic rings. The third-order valence-electron chi connectivity index (χ3n) is 2.36. The van der Waals surface area contributed by atoms with Crippen molar-refractivity contribution >= 4 is 0 Å². The largest absolute Gasteiger partial charge is 0.394 e. The highest BCUT2D eigenvalue weighted by molar-refractivity contribution is 4.98. The normalized spacial score (nSPS) is 32.1. The number of methoxy groups -OCH3 is 1. The van der Waals surface area contributed by atoms with E-state index < -0.39 is 0 Å². The summed E-state index contributed by atoms with van der Waals surface area (Å²) in [4.78, 5) is 0. The molecule has 0 aromatic heterocycles. The van der Waals surface area contributed by atoms with Crippen LogP contribution >= 0.6 is 0 Å². The minimum atomic E-state index is -0.106. The molecule has 78 valence electrons. The summed E-state index contributed by atoms with van der Waals surface area (Å²) >= 11 is 0. The van der Waals surface area contributed by atoms with E-state index in [0.29, 0.717) is 13.4 Å². The first kappa shape index (κ1) is 10.9. The van der Waals surface area contributed by atoms with E-state index in [1.165, 1.54) is 0 Å². The van der Waals surface area contributed by atoms with Gasteiger partial charge < -0.3 is 19.3 Å². The van der Waals surface area contributed by atoms with Crippen molar-refractivity contribution in [1.29, 1.82) is 0 Å². The van der Waals surface area contributed by atoms with Gasteiger partial charge in [-0.2, -0.15) is 0 Å². The molecule has 0 spiro atoms. The lowest BCUT2D eigenvalue weighted by molar-refractivity contribution is -0.0325. The number of aliphatic hydroxyl groups excluding tert-OH is 1. The fourth-order valence-corrected chi connectivity index (χ4v) is 1.41. The highest BCUT2D eigenvalue weighted by Gasteiger charge is 2.50. The van der Waals surface area contributed by atoms with Crippen molar-refractivity contribution in [2.75, 3.05) is 27.1 Å². The van der Waals surface area contributed by atoms with Gasteiger partial charge in [-0.05, 0) is 19.8 Å². The van der Waals surface area contributed by atoms with Gasteiger partial charge >= 0.3 is 0 Å². The number of hydrogen-bond donors (Lipinski definition) is 1. The molecule has 1 heterocycles. The minimum Gasteiger partial charge on any atom is -0.394 e. The minimum absolute atomic E-state index is 0.0370. The Balaban J connectivity index is 1.95. The number of epoxide rings is 1. The van der Waals surface area contributed by atoms with Crippen LogP contribution < -0.4 is 0 Å². The Morgan fingerprint density at radius 1 is 1.54 bits per heavy atom. The van der Waals surface area contributed by atoms with E-state index in [-0.39, 0.29) is 18.3 Å². The van der Waals surface area contributed by atoms with Crippen LogP contribution in [0.15, 0.2) is 0 Å². The van der Waals surface area contributed by atoms with Crippen LogP contribution in [0.3, 0.4) is 0 Å². The number of hydrogen-bond acceptors (Lipinski definition) is 4. The lowest BCUT2D eigenvalue weighted by atomic mass is 10.0. The summed E-state index contributed by atoms with van der Waals surface area (Å²) in [6.45, 7) is 3.17. The van der Waals surface area contributed by atoms with E-state index in [1.807, 2.05) is 6.92 Å². The number of rotatable bonds is 7. The summed E-state index contributed by atoms with van der Waals surface area (Å²) in [7, 11) is 1.60. The van der Waals surface area contributed by atoms with Gasteiger partial charge in [0.2, 0.25) is 0 Å². The second-order valence-electron chi connectivity index (χ2n) is 3.52. The maximum Gasteiger partial charge on any atom is 0.146 e. The number of aliphatic hydroxyl groups is 1. The van der Waals surface area contributed by atoms with E-state index in [1.54, 1.807) is 7.11 Å². The van der Waals surface area contributed by atoms with Gasteiger partial charge in [-0.25, -0.2) is 0 Å². The molecule has 1 fully saturated rings. The fourth-order valence-electron chi connectivity index (χ4n) is 1.41. The van der Waals surface area contributed by atoms with Crippen molar-refractivity contribution in [2.24, 2.45) is 0 Å². The van der Waals surface area contributed by atoms with Gasteiger partial charge in [0, 0.05) is 13.7 Å². The molecule has 13 heavy (non-hydrogen) atoms. The molecular weight excluding hydrogens is 172 g/mol. The molecule has 2 atom stereocenters. The molecular formula is C9H18O4. The van der Waals surface area contributed by atoms with Gasteiger partial charge in [-0.3, -0.25) is 0 Å². The molecule has 0 bridgehead atoms. The van der Waals surface area contributed by atoms with Crippen LogP contribution in [0.5, 0.6) is 0 Å². The second kappa shape index (κ2) is 4.91. The quantitative estimate of drug-likeness (QED) is 0.361. The summed E-state index contributed by atoms with van der Waals surface area (Å²) in [5, 5.41) is 8.81. The molecule has 4 nitrogen and oxygen atoms in total. The van der Waals surface area contributed by atoms with Crippen molar-refractivity contribution in [3.63, 3.8) is 0 Å². The lowest BCUT2D eigenvalue weighted by Gasteiger charge is -2.05. The van der Waals surface area contributed by atoms with Crippen LogP contribution in [0.4, 0.5) is 0 Å². The van der Waals surface area contributed by atoms with Gasteiger partial charge in [-0.15, -0.1) is 0 Å². The van der Waals surface area contributed by atoms with Crippen LogP contribution in [0, 0.1) is 0 Å². The number of ether oxygens (including phenoxy) is 3. The standard InChI is InChI=1S/C9H18O4/c1-9(8(6-10)13-9)4-3-5-12-7-11-2/h8,10H,3-7H2,1-2H3/t8-,9-/m1/s1. The Hall–Kier alpha value is -0.160. The van der Waals surface area contributed by atoms with E-state index in [2.05, 4.69) is 0 Å². The van der Waals surface area contributed by atoms with Crippen molar-refractivity contribution in [2.45, 2.75) is 31.5 Å². The average Bonchev–Trinajstić information content (AvgIpc) is 2.77. The highest BCUT2D eigenvalue weighted by atomic mass is 16.7. The zero-order valence-corrected chi connectivity index (χ0v) is 8.28. The maximum atomic E-state index is 8.81. The van der Waals surface area contributed by atoms with Crippen molar-refractivity contribution in [1.82, 2.24) is 0 Å². The Morgan fingerprint density at radius 2 is 2.31 bits per heavy atom. The van der Waals surface area contributed by atoms with Crippen LogP contribution in [0.1, 0.15) is 19.8 Å². The molecule has 1 rings (SSSR count). The predicted molar refractivity (Wildman–Crippen MR) is 47.4 cm³/mol. The van der Waals surface area contributed by atoms with E-state index >= 15 is 0 Å². The molecule has 1 aliphatic heterocycles. The van der Waals surface area contributed by atoms with Gasteiger partial charge in [0.1, 0.15) is 12.9 Å². The SMILES string of the molecule is COCOCCC[C@@]1(C)O[C@@H]1CO. The van der Waals surface area contributed by atoms with Gasteiger partial charge in [0.15, 0.2) is 0 Å². The average molecular weight is 190 g/mol. The smallest absolute Gasteiger partial charge is 0.146 e. The Morgan fingerprint density at radius 3 is 2.85 bits per heavy atom. The molecule has 0 amide bonds. The van der Waals surface area contributed by atoms with Crippen molar-refractivity contribution in [3.05, 3.63) is 0 Å². The topological polar surface area (TPSA) is 51.2 Å². The summed E-state index contributed by atoms with van der Waals surface area (Å²) in [6.07, 6.45) is 1.91. The Kier molecular flexibility index (Phi) is 4.12. The highest BCUT2D eigenvalue weighted by Crippen LogP contribution is 2.39. The third kappa shape index (κ3) is 3.23. The summed E-state index contributed by atoms with van der Waals surface area (Å²) in [6, 6.07) is 0. The molecule has 1 saturated heterocycles. The Bertz CT molecular complexity index is 151. The van der Waals surface area contributed by atoms with Crippen LogP contribution in [-0.2, 0) is 14.2 Å². The molecule has 1 N–H and O–H groups in total. The van der Waals surface area contributed by atoms with Crippen molar-refractivity contribution < 1.29 is 19.3 Å². The first-order chi connectivity index (χ1) is 6.23. The summed E-state index contributed by atoms with van der Waals surface area (Å²) in [5.41, 5.74) is -0.106.